The highest BCUT2D eigenvalue weighted by Crippen LogP contribution is 2.20. The number of anilines is 1. The van der Waals surface area contributed by atoms with E-state index >= 15 is 0 Å². The quantitative estimate of drug-likeness (QED) is 0.641. The van der Waals surface area contributed by atoms with Crippen molar-refractivity contribution in [3.63, 3.8) is 0 Å². The maximum absolute atomic E-state index is 13.0. The number of halogens is 1. The minimum atomic E-state index is -0.344. The van der Waals surface area contributed by atoms with E-state index in [1.165, 1.54) is 12.1 Å². The van der Waals surface area contributed by atoms with Gasteiger partial charge >= 0.3 is 0 Å². The van der Waals surface area contributed by atoms with Crippen LogP contribution in [0.25, 0.3) is 11.4 Å². The maximum atomic E-state index is 13.0. The highest BCUT2D eigenvalue weighted by atomic mass is 19.1. The predicted molar refractivity (Wildman–Crippen MR) is 104 cm³/mol. The molecule has 3 aromatic rings. The van der Waals surface area contributed by atoms with Gasteiger partial charge in [-0.1, -0.05) is 11.2 Å². The van der Waals surface area contributed by atoms with Crippen LogP contribution in [0.3, 0.4) is 0 Å². The van der Waals surface area contributed by atoms with E-state index in [1.54, 1.807) is 36.4 Å². The summed E-state index contributed by atoms with van der Waals surface area (Å²) < 4.78 is 18.1. The Bertz CT molecular complexity index is 1030. The largest absolute Gasteiger partial charge is 0.349 e. The number of carbonyl (C=O) groups is 2. The van der Waals surface area contributed by atoms with Crippen LogP contribution in [-0.4, -0.2) is 28.0 Å². The summed E-state index contributed by atoms with van der Waals surface area (Å²) in [5.74, 6) is -0.0517. The Kier molecular flexibility index (Phi) is 5.33. The fraction of sp³-hybridized carbons (Fsp3) is 0.238. The molecule has 2 aromatic carbocycles. The topological polar surface area (TPSA) is 97.1 Å². The van der Waals surface area contributed by atoms with Gasteiger partial charge in [0.1, 0.15) is 5.82 Å². The molecule has 2 amide bonds. The van der Waals surface area contributed by atoms with E-state index in [2.05, 4.69) is 20.8 Å². The van der Waals surface area contributed by atoms with Crippen LogP contribution in [0.5, 0.6) is 0 Å². The zero-order chi connectivity index (χ0) is 20.2. The van der Waals surface area contributed by atoms with Crippen molar-refractivity contribution in [1.29, 1.82) is 0 Å². The van der Waals surface area contributed by atoms with E-state index in [9.17, 15) is 14.0 Å². The first-order valence-corrected chi connectivity index (χ1v) is 9.36. The van der Waals surface area contributed by atoms with Crippen LogP contribution < -0.4 is 10.6 Å². The van der Waals surface area contributed by atoms with Crippen molar-refractivity contribution >= 4 is 17.5 Å². The van der Waals surface area contributed by atoms with Crippen LogP contribution in [0, 0.1) is 5.82 Å². The van der Waals surface area contributed by atoms with Crippen LogP contribution >= 0.6 is 0 Å². The smallest absolute Gasteiger partial charge is 0.251 e. The van der Waals surface area contributed by atoms with Crippen LogP contribution in [-0.2, 0) is 11.2 Å². The normalized spacial score (nSPS) is 13.1. The van der Waals surface area contributed by atoms with Crippen molar-refractivity contribution in [2.75, 3.05) is 5.32 Å². The van der Waals surface area contributed by atoms with Gasteiger partial charge in [-0.2, -0.15) is 4.98 Å². The molecule has 29 heavy (non-hydrogen) atoms. The van der Waals surface area contributed by atoms with Crippen LogP contribution in [0.15, 0.2) is 53.1 Å². The Hall–Kier alpha value is -3.55. The van der Waals surface area contributed by atoms with Crippen molar-refractivity contribution in [1.82, 2.24) is 15.5 Å². The number of benzene rings is 2. The van der Waals surface area contributed by atoms with Gasteiger partial charge in [-0.25, -0.2) is 4.39 Å². The van der Waals surface area contributed by atoms with Gasteiger partial charge < -0.3 is 15.2 Å². The molecule has 0 radical (unpaired) electrons. The van der Waals surface area contributed by atoms with Crippen molar-refractivity contribution in [2.45, 2.75) is 31.7 Å². The third kappa shape index (κ3) is 5.04. The number of carbonyl (C=O) groups excluding carboxylic acids is 2. The van der Waals surface area contributed by atoms with E-state index in [-0.39, 0.29) is 36.5 Å². The highest BCUT2D eigenvalue weighted by molar-refractivity contribution is 5.97. The van der Waals surface area contributed by atoms with Crippen LogP contribution in [0.4, 0.5) is 10.1 Å². The van der Waals surface area contributed by atoms with Gasteiger partial charge in [0.15, 0.2) is 0 Å². The summed E-state index contributed by atoms with van der Waals surface area (Å²) in [6.07, 6.45) is 2.44. The van der Waals surface area contributed by atoms with Gasteiger partial charge in [0.2, 0.25) is 17.6 Å². The number of hydrogen-bond acceptors (Lipinski definition) is 5. The van der Waals surface area contributed by atoms with E-state index in [0.717, 1.165) is 12.8 Å². The van der Waals surface area contributed by atoms with Crippen LogP contribution in [0.1, 0.15) is 35.5 Å². The zero-order valence-corrected chi connectivity index (χ0v) is 15.5. The molecule has 2 N–H and O–H groups in total. The lowest BCUT2D eigenvalue weighted by molar-refractivity contribution is -0.116. The van der Waals surface area contributed by atoms with E-state index in [1.807, 2.05) is 0 Å². The molecule has 0 unspecified atom stereocenters. The standard InChI is InChI=1S/C21H19FN4O3/c22-15-6-4-13(5-7-15)20-25-19(29-26-20)11-10-18(27)23-17-3-1-2-14(12-17)21(28)24-16-8-9-16/h1-7,12,16H,8-11H2,(H,23,27)(H,24,28). The highest BCUT2D eigenvalue weighted by Gasteiger charge is 2.23. The molecule has 4 rings (SSSR count). The lowest BCUT2D eigenvalue weighted by Crippen LogP contribution is -2.25. The zero-order valence-electron chi connectivity index (χ0n) is 15.5. The Morgan fingerprint density at radius 3 is 2.69 bits per heavy atom. The molecule has 0 bridgehead atoms. The van der Waals surface area contributed by atoms with Gasteiger partial charge in [0.05, 0.1) is 0 Å². The molecule has 0 atom stereocenters. The van der Waals surface area contributed by atoms with Crippen molar-refractivity contribution in [3.05, 3.63) is 65.8 Å². The third-order valence-corrected chi connectivity index (χ3v) is 4.46. The molecule has 0 saturated heterocycles. The monoisotopic (exact) mass is 394 g/mol. The minimum absolute atomic E-state index is 0.136. The molecule has 1 aromatic heterocycles. The molecule has 1 aliphatic rings. The number of hydrogen-bond donors (Lipinski definition) is 2. The van der Waals surface area contributed by atoms with Gasteiger partial charge in [-0.3, -0.25) is 9.59 Å². The van der Waals surface area contributed by atoms with E-state index < -0.39 is 0 Å². The maximum Gasteiger partial charge on any atom is 0.251 e. The minimum Gasteiger partial charge on any atom is -0.349 e. The van der Waals surface area contributed by atoms with Crippen molar-refractivity contribution < 1.29 is 18.5 Å². The number of rotatable bonds is 7. The number of nitrogens with zero attached hydrogens (tertiary/aromatic N) is 2. The third-order valence-electron chi connectivity index (χ3n) is 4.46. The van der Waals surface area contributed by atoms with E-state index in [4.69, 9.17) is 4.52 Å². The van der Waals surface area contributed by atoms with Crippen LogP contribution in [0.2, 0.25) is 0 Å². The number of aromatic nitrogens is 2. The Labute approximate surface area is 166 Å². The summed E-state index contributed by atoms with van der Waals surface area (Å²) in [5, 5.41) is 9.54. The fourth-order valence-electron chi connectivity index (χ4n) is 2.75. The first-order chi connectivity index (χ1) is 14.1. The van der Waals surface area contributed by atoms with Crippen molar-refractivity contribution in [2.24, 2.45) is 0 Å². The number of aryl methyl sites for hydroxylation is 1. The molecule has 1 heterocycles. The predicted octanol–water partition coefficient (Wildman–Crippen LogP) is 3.34. The summed E-state index contributed by atoms with van der Waals surface area (Å²) in [4.78, 5) is 28.6. The first-order valence-electron chi connectivity index (χ1n) is 9.36. The number of amides is 2. The Morgan fingerprint density at radius 2 is 1.93 bits per heavy atom. The second-order valence-corrected chi connectivity index (χ2v) is 6.90. The lowest BCUT2D eigenvalue weighted by atomic mass is 10.2. The molecule has 8 heteroatoms. The first kappa shape index (κ1) is 18.8. The lowest BCUT2D eigenvalue weighted by Gasteiger charge is -2.07. The SMILES string of the molecule is O=C(CCc1nc(-c2ccc(F)cc2)no1)Nc1cccc(C(=O)NC2CC2)c1. The molecule has 1 saturated carbocycles. The van der Waals surface area contributed by atoms with Crippen molar-refractivity contribution in [3.8, 4) is 11.4 Å². The molecule has 0 aliphatic heterocycles. The Balaban J connectivity index is 1.31. The second-order valence-electron chi connectivity index (χ2n) is 6.90. The molecular weight excluding hydrogens is 375 g/mol. The summed E-state index contributed by atoms with van der Waals surface area (Å²) in [6, 6.07) is 12.8. The molecule has 1 aliphatic carbocycles. The molecule has 1 fully saturated rings. The summed E-state index contributed by atoms with van der Waals surface area (Å²) in [5.41, 5.74) is 1.69. The fourth-order valence-corrected chi connectivity index (χ4v) is 2.75. The summed E-state index contributed by atoms with van der Waals surface area (Å²) in [6.45, 7) is 0. The Morgan fingerprint density at radius 1 is 1.14 bits per heavy atom. The van der Waals surface area contributed by atoms with Gasteiger partial charge in [-0.15, -0.1) is 0 Å². The molecular formula is C21H19FN4O3. The molecule has 148 valence electrons. The number of nitrogens with one attached hydrogen (secondary N) is 2. The average Bonchev–Trinajstić information content (AvgIpc) is 3.41. The van der Waals surface area contributed by atoms with E-state index in [0.29, 0.717) is 28.5 Å². The summed E-state index contributed by atoms with van der Waals surface area (Å²) in [7, 11) is 0. The second kappa shape index (κ2) is 8.22. The molecule has 7 nitrogen and oxygen atoms in total. The van der Waals surface area contributed by atoms with Gasteiger partial charge in [0, 0.05) is 35.7 Å². The van der Waals surface area contributed by atoms with Gasteiger partial charge in [0.25, 0.3) is 5.91 Å². The molecule has 0 spiro atoms. The summed E-state index contributed by atoms with van der Waals surface area (Å²) >= 11 is 0. The average molecular weight is 394 g/mol. The van der Waals surface area contributed by atoms with Gasteiger partial charge in [-0.05, 0) is 55.3 Å².